The number of thiophene rings is 5. The quantitative estimate of drug-likeness (QED) is 0.0239. The van der Waals surface area contributed by atoms with E-state index >= 15 is 0 Å². The molecule has 600 valence electrons. The molecule has 0 saturated heterocycles. The molecule has 18 rings (SSSR count). The van der Waals surface area contributed by atoms with Gasteiger partial charge in [0.1, 0.15) is 17.2 Å². The number of rotatable bonds is 8. The maximum atomic E-state index is 12.1. The summed E-state index contributed by atoms with van der Waals surface area (Å²) in [6.07, 6.45) is -7.19. The third-order valence-electron chi connectivity index (χ3n) is 17.5. The smallest absolute Gasteiger partial charge is 0 e. The third kappa shape index (κ3) is 21.3. The van der Waals surface area contributed by atoms with Gasteiger partial charge in [-0.15, -0.1) is 56.7 Å². The van der Waals surface area contributed by atoms with Gasteiger partial charge in [-0.1, -0.05) is 210 Å². The molecule has 5 heterocycles. The second-order valence-electron chi connectivity index (χ2n) is 25.1. The SMILES string of the molecule is Cc1cc2sc3ccccc3c2cc1-c1ccccc1.F[B]P=S.O=S(=O)(F)C(F)(F)C(F)(F)C(F)(F)C(F)(F)F.OB(O)c1ccc2c(c1)sc1ccccc12.OB(O)c1ccccc1.Oc1cc2sc3ccccc3c2cc1-c1ccccc1.Oc1cc2sc3ccccc3c2cc1Br.Oc1ccc2c(c1)sc1ccccc12.[B]=NS.[HH]. The van der Waals surface area contributed by atoms with Gasteiger partial charge in [0.25, 0.3) is 0 Å². The number of phenolic OH excluding ortho intramolecular Hbond substituents is 3. The number of aryl methyl sites for hydroxylation is 1. The first-order chi connectivity index (χ1) is 56.1. The number of hydrogen-bond acceptors (Lipinski definition) is 17. The third-order valence-corrected chi connectivity index (χ3v) is 24.9. The molecule has 18 aromatic rings. The summed E-state index contributed by atoms with van der Waals surface area (Å²) in [7, 11) is -5.36. The van der Waals surface area contributed by atoms with Gasteiger partial charge >= 0.3 is 79.8 Å². The van der Waals surface area contributed by atoms with Crippen LogP contribution >= 0.6 is 92.7 Å². The molecule has 0 aliphatic rings. The van der Waals surface area contributed by atoms with Crippen molar-refractivity contribution in [2.75, 3.05) is 0 Å². The summed E-state index contributed by atoms with van der Waals surface area (Å²) in [6.45, 7) is 2.20. The van der Waals surface area contributed by atoms with E-state index in [4.69, 9.17) is 20.1 Å². The van der Waals surface area contributed by atoms with Gasteiger partial charge in [-0.25, -0.2) is 0 Å². The largest absolute Gasteiger partial charge is 0 e. The number of hydrogen-bond donors (Lipinski definition) is 8. The van der Waals surface area contributed by atoms with E-state index in [1.54, 1.807) is 81.7 Å². The van der Waals surface area contributed by atoms with Crippen molar-refractivity contribution < 1.29 is 93.0 Å². The summed E-state index contributed by atoms with van der Waals surface area (Å²) in [4.78, 5) is 0. The number of thiol groups is 1. The first-order valence-electron chi connectivity index (χ1n) is 34.3. The van der Waals surface area contributed by atoms with Crippen molar-refractivity contribution in [1.29, 1.82) is 0 Å². The van der Waals surface area contributed by atoms with Gasteiger partial charge < -0.3 is 39.7 Å². The van der Waals surface area contributed by atoms with Crippen LogP contribution < -0.4 is 10.9 Å². The fraction of sp³-hybridized carbons (Fsp3) is 0.0602. The molecule has 0 saturated carbocycles. The van der Waals surface area contributed by atoms with Gasteiger partial charge in [0, 0.05) is 108 Å². The van der Waals surface area contributed by atoms with E-state index in [-0.39, 0.29) is 1.43 Å². The van der Waals surface area contributed by atoms with Crippen molar-refractivity contribution in [1.82, 2.24) is 0 Å². The monoisotopic (exact) mass is 1830 g/mol. The normalized spacial score (nSPS) is 11.4. The minimum Gasteiger partial charge on any atom is 0 e. The molecule has 10 nitrogen and oxygen atoms in total. The summed E-state index contributed by atoms with van der Waals surface area (Å²) in [5, 5.41) is 70.0. The predicted octanol–water partition coefficient (Wildman–Crippen LogP) is 24.9. The van der Waals surface area contributed by atoms with Crippen LogP contribution in [0.2, 0.25) is 0 Å². The fourth-order valence-corrected chi connectivity index (χ4v) is 18.4. The van der Waals surface area contributed by atoms with E-state index in [1.807, 2.05) is 127 Å². The summed E-state index contributed by atoms with van der Waals surface area (Å²) in [5.41, 5.74) is 6.97. The van der Waals surface area contributed by atoms with E-state index in [9.17, 15) is 71.5 Å². The Morgan fingerprint density at radius 1 is 0.424 bits per heavy atom. The van der Waals surface area contributed by atoms with E-state index in [0.29, 0.717) is 42.7 Å². The minimum atomic E-state index is -7.67. The van der Waals surface area contributed by atoms with Crippen molar-refractivity contribution in [3.63, 3.8) is 0 Å². The average Bonchev–Trinajstić information content (AvgIpc) is 1.71. The minimum absolute atomic E-state index is 0. The van der Waals surface area contributed by atoms with Crippen LogP contribution in [0.1, 0.15) is 6.99 Å². The molecule has 35 heteroatoms. The molecular weight excluding hydrogens is 1770 g/mol. The van der Waals surface area contributed by atoms with Crippen LogP contribution in [0, 0.1) is 6.92 Å². The summed E-state index contributed by atoms with van der Waals surface area (Å²) >= 11 is 19.3. The number of benzene rings is 13. The van der Waals surface area contributed by atoms with Gasteiger partial charge in [-0.05, 0) is 154 Å². The van der Waals surface area contributed by atoms with E-state index < -0.39 is 47.7 Å². The summed E-state index contributed by atoms with van der Waals surface area (Å²) in [6, 6.07) is 94.6. The van der Waals surface area contributed by atoms with E-state index in [2.05, 4.69) is 193 Å². The molecule has 0 aliphatic carbocycles. The number of nitrogens with zero attached hydrogens (tertiary/aromatic N) is 1. The van der Waals surface area contributed by atoms with Crippen molar-refractivity contribution in [2.45, 2.75) is 30.2 Å². The Hall–Kier alpha value is -9.21. The predicted molar refractivity (Wildman–Crippen MR) is 482 cm³/mol. The van der Waals surface area contributed by atoms with Gasteiger partial charge in [0.05, 0.1) is 4.47 Å². The molecule has 0 atom stereocenters. The summed E-state index contributed by atoms with van der Waals surface area (Å²) in [5.74, 6) is -13.9. The van der Waals surface area contributed by atoms with Gasteiger partial charge in [0.15, 0.2) is 0 Å². The Labute approximate surface area is 711 Å². The van der Waals surface area contributed by atoms with E-state index in [1.165, 1.54) is 98.8 Å². The molecule has 2 radical (unpaired) electrons. The first kappa shape index (κ1) is 91.1. The second kappa shape index (κ2) is 40.2. The van der Waals surface area contributed by atoms with Crippen LogP contribution in [0.15, 0.2) is 294 Å². The molecule has 0 fully saturated rings. The zero-order valence-corrected chi connectivity index (χ0v) is 69.7. The average molecular weight is 1840 g/mol. The molecule has 118 heavy (non-hydrogen) atoms. The van der Waals surface area contributed by atoms with E-state index in [0.717, 1.165) is 34.4 Å². The number of aromatic hydroxyl groups is 3. The standard InChI is InChI=1S/C19H14S.C18H12OS.C12H9BO2S.C12H7BrOS.C12H8OS.C6H7BO2.C4F10O2S.BFPS.BHNS.H2/c1-13-11-19-17(15-9-5-6-10-18(15)20-19)12-16(13)14-7-3-2-4-8-14;19-16-11-18-15(13-8-4-5-9-17(13)20-18)10-14(16)12-6-2-1-3-7-12;14-13(15)8-5-6-10-9-3-1-2-4-11(9)16-12(10)7-8;13-9-5-8-7-3-1-2-4-11(7)15-12(8)6-10(9)14;13-8-5-6-10-9-3-1-2-4-11(9)14-12(10)7-8;8-7(9)6-4-2-1-3-5-6;5-1(6,3(9,10)11)2(7,8)4(12,13)17(14,15)16;2-1-3-4;1-2-3;/h2-12H,1H3;1-11,19H;1-7,14-15H;1-6,14H;1-7,13H;1-5,8-9H;;;3H;1H. The van der Waals surface area contributed by atoms with Crippen LogP contribution in [0.5, 0.6) is 17.2 Å². The number of phenols is 3. The molecule has 0 spiro atoms. The van der Waals surface area contributed by atoms with Crippen molar-refractivity contribution >= 4 is 256 Å². The number of fused-ring (bicyclic) bond motifs is 15. The Morgan fingerprint density at radius 3 is 1.12 bits per heavy atom. The Morgan fingerprint density at radius 2 is 0.737 bits per heavy atom. The fourth-order valence-electron chi connectivity index (χ4n) is 11.9. The molecule has 0 unspecified atom stereocenters. The van der Waals surface area contributed by atoms with Crippen molar-refractivity contribution in [3.05, 3.63) is 295 Å². The molecule has 0 amide bonds. The van der Waals surface area contributed by atoms with Crippen molar-refractivity contribution in [3.8, 4) is 39.5 Å². The molecule has 7 N–H and O–H groups in total. The molecular formula is C83H60B4BrF11NO9PS8. The zero-order valence-electron chi connectivity index (χ0n) is 60.6. The second-order valence-corrected chi connectivity index (χ2v) is 34.0. The maximum absolute atomic E-state index is 12.1. The summed E-state index contributed by atoms with van der Waals surface area (Å²) < 4.78 is 163. The molecule has 0 aliphatic heterocycles. The maximum Gasteiger partial charge on any atom is 0 e. The van der Waals surface area contributed by atoms with Crippen LogP contribution in [-0.2, 0) is 22.0 Å². The molecule has 5 aromatic heterocycles. The Kier molecular flexibility index (Phi) is 31.1. The topological polar surface area (TPSA) is 188 Å². The number of alkyl halides is 9. The van der Waals surface area contributed by atoms with Crippen molar-refractivity contribution in [2.24, 2.45) is 4.30 Å². The van der Waals surface area contributed by atoms with Gasteiger partial charge in [-0.3, -0.25) is 0 Å². The van der Waals surface area contributed by atoms with Crippen LogP contribution in [0.4, 0.5) is 47.7 Å². The van der Waals surface area contributed by atoms with Gasteiger partial charge in [-0.2, -0.15) is 47.9 Å². The Bertz CT molecular complexity index is 6490. The van der Waals surface area contributed by atoms with Crippen LogP contribution in [0.3, 0.4) is 0 Å². The molecule has 0 bridgehead atoms. The van der Waals surface area contributed by atoms with Gasteiger partial charge in [0.2, 0.25) is 0 Å². The van der Waals surface area contributed by atoms with Crippen LogP contribution in [-0.4, -0.2) is 96.3 Å². The number of halogens is 12. The first-order valence-corrected chi connectivity index (χ1v) is 43.0. The Balaban J connectivity index is 0.000000157. The molecule has 13 aromatic carbocycles. The zero-order chi connectivity index (χ0) is 85.4. The van der Waals surface area contributed by atoms with Crippen LogP contribution in [0.25, 0.3) is 123 Å².